The molecule has 2 rings (SSSR count). The van der Waals surface area contributed by atoms with Crippen molar-refractivity contribution in [3.63, 3.8) is 0 Å². The van der Waals surface area contributed by atoms with Crippen molar-refractivity contribution >= 4 is 0 Å². The Morgan fingerprint density at radius 2 is 1.21 bits per heavy atom. The fourth-order valence-corrected chi connectivity index (χ4v) is 3.24. The van der Waals surface area contributed by atoms with E-state index in [1.807, 2.05) is 0 Å². The second-order valence-corrected chi connectivity index (χ2v) is 6.23. The lowest BCUT2D eigenvalue weighted by Crippen LogP contribution is -2.85. The van der Waals surface area contributed by atoms with Crippen LogP contribution in [0, 0.1) is 0 Å². The summed E-state index contributed by atoms with van der Waals surface area (Å²) in [6, 6.07) is -2.03. The topological polar surface area (TPSA) is 238 Å². The molecule has 0 spiro atoms. The first-order valence-electron chi connectivity index (χ1n) is 7.20. The second kappa shape index (κ2) is 6.35. The average Bonchev–Trinajstić information content (AvgIpc) is 2.57. The molecule has 0 aromatic carbocycles. The molecule has 1 aliphatic carbocycles. The molecule has 12 heteroatoms. The van der Waals surface area contributed by atoms with E-state index in [9.17, 15) is 46.0 Å². The SMILES string of the molecule is N[C@@H]1[C@@H](O)[C@H](O)[C@@H](CO)O[C@]1(O)C1(O)[C@H](O)[C@H](O)C(O)[C@H](O)[C@H]1O. The number of aliphatic hydroxyl groups is 10. The Balaban J connectivity index is 2.52. The van der Waals surface area contributed by atoms with E-state index < -0.39 is 72.9 Å². The third-order valence-corrected chi connectivity index (χ3v) is 4.88. The Hall–Kier alpha value is -0.480. The molecule has 0 radical (unpaired) electrons. The largest absolute Gasteiger partial charge is 0.394 e. The van der Waals surface area contributed by atoms with Crippen LogP contribution in [0.15, 0.2) is 0 Å². The molecule has 2 unspecified atom stereocenters. The molecule has 2 aliphatic rings. The molecule has 0 aromatic heterocycles. The summed E-state index contributed by atoms with van der Waals surface area (Å²) in [5.41, 5.74) is 2.28. The minimum Gasteiger partial charge on any atom is -0.394 e. The molecule has 0 bridgehead atoms. The molecule has 1 saturated carbocycles. The molecular formula is C12H23NO11. The van der Waals surface area contributed by atoms with Crippen molar-refractivity contribution in [3.8, 4) is 0 Å². The van der Waals surface area contributed by atoms with Gasteiger partial charge in [0.2, 0.25) is 5.79 Å². The van der Waals surface area contributed by atoms with Crippen molar-refractivity contribution in [1.29, 1.82) is 0 Å². The van der Waals surface area contributed by atoms with Crippen molar-refractivity contribution in [2.24, 2.45) is 5.73 Å². The van der Waals surface area contributed by atoms with Gasteiger partial charge in [0.15, 0.2) is 5.60 Å². The highest BCUT2D eigenvalue weighted by molar-refractivity contribution is 5.19. The van der Waals surface area contributed by atoms with Crippen molar-refractivity contribution in [3.05, 3.63) is 0 Å². The van der Waals surface area contributed by atoms with E-state index in [1.54, 1.807) is 0 Å². The van der Waals surface area contributed by atoms with Gasteiger partial charge in [0.25, 0.3) is 0 Å². The van der Waals surface area contributed by atoms with Gasteiger partial charge in [0.05, 0.1) is 12.6 Å². The molecule has 12 N–H and O–H groups in total. The van der Waals surface area contributed by atoms with Crippen LogP contribution in [0.5, 0.6) is 0 Å². The van der Waals surface area contributed by atoms with E-state index in [1.165, 1.54) is 0 Å². The third-order valence-electron chi connectivity index (χ3n) is 4.88. The molecule has 24 heavy (non-hydrogen) atoms. The summed E-state index contributed by atoms with van der Waals surface area (Å²) in [4.78, 5) is 0. The van der Waals surface area contributed by atoms with Crippen LogP contribution in [-0.4, -0.2) is 124 Å². The number of nitrogens with two attached hydrogens (primary N) is 1. The van der Waals surface area contributed by atoms with E-state index in [0.29, 0.717) is 0 Å². The van der Waals surface area contributed by atoms with Crippen molar-refractivity contribution in [1.82, 2.24) is 0 Å². The zero-order valence-corrected chi connectivity index (χ0v) is 12.4. The molecule has 12 nitrogen and oxygen atoms in total. The summed E-state index contributed by atoms with van der Waals surface area (Å²) < 4.78 is 4.93. The Labute approximate surface area is 135 Å². The first-order valence-corrected chi connectivity index (χ1v) is 7.20. The predicted octanol–water partition coefficient (Wildman–Crippen LogP) is -7.34. The van der Waals surface area contributed by atoms with Gasteiger partial charge < -0.3 is 61.5 Å². The smallest absolute Gasteiger partial charge is 0.219 e. The Bertz CT molecular complexity index is 448. The molecule has 142 valence electrons. The van der Waals surface area contributed by atoms with E-state index >= 15 is 0 Å². The van der Waals surface area contributed by atoms with Gasteiger partial charge in [-0.3, -0.25) is 0 Å². The number of rotatable bonds is 2. The maximum atomic E-state index is 10.7. The molecule has 1 saturated heterocycles. The highest BCUT2D eigenvalue weighted by Gasteiger charge is 2.72. The summed E-state index contributed by atoms with van der Waals surface area (Å²) in [7, 11) is 0. The van der Waals surface area contributed by atoms with E-state index in [4.69, 9.17) is 15.6 Å². The lowest BCUT2D eigenvalue weighted by Gasteiger charge is -2.58. The van der Waals surface area contributed by atoms with Crippen molar-refractivity contribution in [2.75, 3.05) is 6.61 Å². The maximum absolute atomic E-state index is 10.7. The minimum absolute atomic E-state index is 0.941. The van der Waals surface area contributed by atoms with Gasteiger partial charge in [0.1, 0.15) is 48.8 Å². The van der Waals surface area contributed by atoms with E-state index in [-0.39, 0.29) is 0 Å². The molecule has 11 atom stereocenters. The quantitative estimate of drug-likeness (QED) is 0.221. The fourth-order valence-electron chi connectivity index (χ4n) is 3.24. The predicted molar refractivity (Wildman–Crippen MR) is 71.9 cm³/mol. The number of ether oxygens (including phenoxy) is 1. The summed E-state index contributed by atoms with van der Waals surface area (Å²) in [5, 5.41) is 99.3. The monoisotopic (exact) mass is 357 g/mol. The van der Waals surface area contributed by atoms with Crippen LogP contribution in [0.4, 0.5) is 0 Å². The molecule has 0 aromatic rings. The number of hydrogen-bond acceptors (Lipinski definition) is 12. The first-order chi connectivity index (χ1) is 10.9. The zero-order chi connectivity index (χ0) is 18.6. The van der Waals surface area contributed by atoms with Crippen LogP contribution < -0.4 is 5.73 Å². The highest BCUT2D eigenvalue weighted by atomic mass is 16.7. The number of hydrogen-bond donors (Lipinski definition) is 11. The lowest BCUT2D eigenvalue weighted by molar-refractivity contribution is -0.420. The van der Waals surface area contributed by atoms with E-state index in [2.05, 4.69) is 0 Å². The number of aliphatic hydroxyl groups excluding tert-OH is 8. The van der Waals surface area contributed by atoms with Crippen molar-refractivity contribution in [2.45, 2.75) is 66.3 Å². The molecule has 1 heterocycles. The standard InChI is InChI=1S/C12H23NO11/c13-8-5(17)3(15)2(1-14)24-12(8,23)11(22)9(20)6(18)4(16)7(19)10(11)21/h2-10,14-23H,1,13H2/t2-,3-,4?,5+,6-,7+,8-,9-,10-,11?,12+/m1/s1. The highest BCUT2D eigenvalue weighted by Crippen LogP contribution is 2.44. The van der Waals surface area contributed by atoms with Crippen LogP contribution in [0.25, 0.3) is 0 Å². The average molecular weight is 357 g/mol. The molecular weight excluding hydrogens is 334 g/mol. The van der Waals surface area contributed by atoms with Gasteiger partial charge in [-0.2, -0.15) is 0 Å². The van der Waals surface area contributed by atoms with Crippen LogP contribution in [0.1, 0.15) is 0 Å². The van der Waals surface area contributed by atoms with Crippen LogP contribution >= 0.6 is 0 Å². The Morgan fingerprint density at radius 3 is 1.62 bits per heavy atom. The van der Waals surface area contributed by atoms with Gasteiger partial charge in [0, 0.05) is 0 Å². The van der Waals surface area contributed by atoms with Crippen LogP contribution in [0.2, 0.25) is 0 Å². The first kappa shape index (κ1) is 19.8. The fraction of sp³-hybridized carbons (Fsp3) is 1.00. The van der Waals surface area contributed by atoms with Crippen LogP contribution in [-0.2, 0) is 4.74 Å². The molecule has 1 aliphatic heterocycles. The van der Waals surface area contributed by atoms with Gasteiger partial charge in [-0.25, -0.2) is 0 Å². The van der Waals surface area contributed by atoms with Gasteiger partial charge >= 0.3 is 0 Å². The summed E-state index contributed by atoms with van der Waals surface area (Å²) in [5.74, 6) is -3.21. The zero-order valence-electron chi connectivity index (χ0n) is 12.4. The second-order valence-electron chi connectivity index (χ2n) is 6.23. The summed E-state index contributed by atoms with van der Waals surface area (Å²) >= 11 is 0. The third kappa shape index (κ3) is 2.39. The van der Waals surface area contributed by atoms with Gasteiger partial charge in [-0.1, -0.05) is 0 Å². The lowest BCUT2D eigenvalue weighted by atomic mass is 9.66. The van der Waals surface area contributed by atoms with Crippen molar-refractivity contribution < 1.29 is 55.8 Å². The van der Waals surface area contributed by atoms with E-state index in [0.717, 1.165) is 0 Å². The van der Waals surface area contributed by atoms with Gasteiger partial charge in [-0.05, 0) is 0 Å². The maximum Gasteiger partial charge on any atom is 0.219 e. The van der Waals surface area contributed by atoms with Gasteiger partial charge in [-0.15, -0.1) is 0 Å². The molecule has 0 amide bonds. The summed E-state index contributed by atoms with van der Waals surface area (Å²) in [6.07, 6.45) is -16.9. The molecule has 2 fully saturated rings. The summed E-state index contributed by atoms with van der Waals surface area (Å²) in [6.45, 7) is -0.941. The minimum atomic E-state index is -3.28. The normalized spacial score (nSPS) is 59.4. The Kier molecular flexibility index (Phi) is 5.25. The Morgan fingerprint density at radius 1 is 0.750 bits per heavy atom. The van der Waals surface area contributed by atoms with Crippen LogP contribution in [0.3, 0.4) is 0 Å².